The topological polar surface area (TPSA) is 88.4 Å². The van der Waals surface area contributed by atoms with Crippen molar-refractivity contribution in [2.45, 2.75) is 30.5 Å². The minimum atomic E-state index is -1.13. The monoisotopic (exact) mass is 406 g/mol. The molecule has 5 unspecified atom stereocenters. The fourth-order valence-corrected chi connectivity index (χ4v) is 4.04. The molecule has 0 spiro atoms. The van der Waals surface area contributed by atoms with Crippen LogP contribution in [-0.4, -0.2) is 34.1 Å². The second kappa shape index (κ2) is 7.65. The number of hydrogen-bond acceptors (Lipinski definition) is 6. The zero-order valence-corrected chi connectivity index (χ0v) is 16.1. The SMILES string of the molecule is OCC1Oc2ccc(C3Oc4ccccc4C(O)C3O)cc2OC1c1ccccc1. The van der Waals surface area contributed by atoms with Gasteiger partial charge < -0.3 is 29.5 Å². The summed E-state index contributed by atoms with van der Waals surface area (Å²) in [7, 11) is 0. The molecular formula is C24H22O6. The van der Waals surface area contributed by atoms with Crippen molar-refractivity contribution in [2.24, 2.45) is 0 Å². The van der Waals surface area contributed by atoms with Gasteiger partial charge in [-0.05, 0) is 29.3 Å². The van der Waals surface area contributed by atoms with Crippen molar-refractivity contribution in [3.05, 3.63) is 89.5 Å². The molecule has 3 aromatic carbocycles. The minimum absolute atomic E-state index is 0.186. The molecule has 0 amide bonds. The maximum Gasteiger partial charge on any atom is 0.163 e. The van der Waals surface area contributed by atoms with Gasteiger partial charge in [-0.1, -0.05) is 54.6 Å². The molecule has 3 aromatic rings. The van der Waals surface area contributed by atoms with Gasteiger partial charge >= 0.3 is 0 Å². The van der Waals surface area contributed by atoms with Gasteiger partial charge in [0.2, 0.25) is 0 Å². The van der Waals surface area contributed by atoms with Gasteiger partial charge in [-0.3, -0.25) is 0 Å². The molecule has 2 aliphatic heterocycles. The van der Waals surface area contributed by atoms with E-state index in [9.17, 15) is 15.3 Å². The van der Waals surface area contributed by atoms with E-state index in [4.69, 9.17) is 14.2 Å². The quantitative estimate of drug-likeness (QED) is 0.620. The van der Waals surface area contributed by atoms with E-state index in [2.05, 4.69) is 0 Å². The summed E-state index contributed by atoms with van der Waals surface area (Å²) in [4.78, 5) is 0. The number of benzene rings is 3. The lowest BCUT2D eigenvalue weighted by molar-refractivity contribution is -0.0702. The van der Waals surface area contributed by atoms with Crippen LogP contribution in [0.25, 0.3) is 0 Å². The maximum absolute atomic E-state index is 10.7. The van der Waals surface area contributed by atoms with Crippen molar-refractivity contribution in [3.63, 3.8) is 0 Å². The number of rotatable bonds is 3. The van der Waals surface area contributed by atoms with Crippen LogP contribution in [-0.2, 0) is 0 Å². The van der Waals surface area contributed by atoms with Gasteiger partial charge in [0.05, 0.1) is 6.61 Å². The highest BCUT2D eigenvalue weighted by atomic mass is 16.6. The minimum Gasteiger partial charge on any atom is -0.482 e. The summed E-state index contributed by atoms with van der Waals surface area (Å²) < 4.78 is 18.2. The first-order chi connectivity index (χ1) is 14.7. The van der Waals surface area contributed by atoms with Gasteiger partial charge in [0.15, 0.2) is 29.8 Å². The molecule has 0 bridgehead atoms. The number of para-hydroxylation sites is 1. The summed E-state index contributed by atoms with van der Waals surface area (Å²) in [5, 5.41) is 31.0. The van der Waals surface area contributed by atoms with Crippen LogP contribution >= 0.6 is 0 Å². The van der Waals surface area contributed by atoms with Crippen LogP contribution in [0, 0.1) is 0 Å². The van der Waals surface area contributed by atoms with E-state index in [0.717, 1.165) is 5.56 Å². The standard InChI is InChI=1S/C24H22O6/c25-13-20-23(14-6-2-1-3-7-14)30-19-12-15(10-11-18(19)28-20)24-22(27)21(26)16-8-4-5-9-17(16)29-24/h1-12,20-27H,13H2. The molecule has 3 N–H and O–H groups in total. The van der Waals surface area contributed by atoms with Gasteiger partial charge in [-0.15, -0.1) is 0 Å². The Morgan fingerprint density at radius 2 is 1.40 bits per heavy atom. The smallest absolute Gasteiger partial charge is 0.163 e. The molecule has 5 rings (SSSR count). The molecule has 2 heterocycles. The Bertz CT molecular complexity index is 1040. The highest BCUT2D eigenvalue weighted by Gasteiger charge is 2.38. The second-order valence-electron chi connectivity index (χ2n) is 7.51. The predicted octanol–water partition coefficient (Wildman–Crippen LogP) is 3.09. The Labute approximate surface area is 173 Å². The largest absolute Gasteiger partial charge is 0.482 e. The molecule has 6 heteroatoms. The third-order valence-corrected chi connectivity index (χ3v) is 5.60. The van der Waals surface area contributed by atoms with Crippen LogP contribution in [0.15, 0.2) is 72.8 Å². The number of aliphatic hydroxyl groups is 3. The van der Waals surface area contributed by atoms with Crippen LogP contribution in [0.5, 0.6) is 17.2 Å². The van der Waals surface area contributed by atoms with Crippen LogP contribution in [0.3, 0.4) is 0 Å². The van der Waals surface area contributed by atoms with Crippen molar-refractivity contribution in [1.82, 2.24) is 0 Å². The van der Waals surface area contributed by atoms with Crippen LogP contribution in [0.1, 0.15) is 35.0 Å². The normalized spacial score (nSPS) is 27.1. The summed E-state index contributed by atoms with van der Waals surface area (Å²) in [5.74, 6) is 1.55. The molecule has 0 aliphatic carbocycles. The van der Waals surface area contributed by atoms with Crippen molar-refractivity contribution in [3.8, 4) is 17.2 Å². The highest BCUT2D eigenvalue weighted by molar-refractivity contribution is 5.47. The average molecular weight is 406 g/mol. The van der Waals surface area contributed by atoms with Crippen LogP contribution in [0.4, 0.5) is 0 Å². The van der Waals surface area contributed by atoms with E-state index in [0.29, 0.717) is 28.4 Å². The molecule has 0 saturated carbocycles. The Hall–Kier alpha value is -3.06. The third kappa shape index (κ3) is 3.19. The Morgan fingerprint density at radius 3 is 2.20 bits per heavy atom. The van der Waals surface area contributed by atoms with Crippen molar-refractivity contribution in [2.75, 3.05) is 6.61 Å². The highest BCUT2D eigenvalue weighted by Crippen LogP contribution is 2.45. The molecule has 154 valence electrons. The molecule has 2 aliphatic rings. The lowest BCUT2D eigenvalue weighted by Crippen LogP contribution is -2.36. The van der Waals surface area contributed by atoms with Gasteiger partial charge in [0, 0.05) is 5.56 Å². The summed E-state index contributed by atoms with van der Waals surface area (Å²) in [5.41, 5.74) is 2.12. The van der Waals surface area contributed by atoms with Crippen LogP contribution < -0.4 is 14.2 Å². The van der Waals surface area contributed by atoms with E-state index in [-0.39, 0.29) is 6.61 Å². The maximum atomic E-state index is 10.7. The van der Waals surface area contributed by atoms with Crippen molar-refractivity contribution < 1.29 is 29.5 Å². The lowest BCUT2D eigenvalue weighted by atomic mass is 9.92. The number of aliphatic hydroxyl groups excluding tert-OH is 3. The third-order valence-electron chi connectivity index (χ3n) is 5.60. The summed E-state index contributed by atoms with van der Waals surface area (Å²) >= 11 is 0. The van der Waals surface area contributed by atoms with Gasteiger partial charge in [0.25, 0.3) is 0 Å². The van der Waals surface area contributed by atoms with Crippen LogP contribution in [0.2, 0.25) is 0 Å². The second-order valence-corrected chi connectivity index (χ2v) is 7.51. The lowest BCUT2D eigenvalue weighted by Gasteiger charge is -2.36. The van der Waals surface area contributed by atoms with Gasteiger partial charge in [-0.2, -0.15) is 0 Å². The average Bonchev–Trinajstić information content (AvgIpc) is 2.80. The number of ether oxygens (including phenoxy) is 3. The zero-order valence-electron chi connectivity index (χ0n) is 16.1. The van der Waals surface area contributed by atoms with Crippen molar-refractivity contribution >= 4 is 0 Å². The van der Waals surface area contributed by atoms with Gasteiger partial charge in [-0.25, -0.2) is 0 Å². The summed E-state index contributed by atoms with van der Waals surface area (Å²) in [6, 6.07) is 22.0. The first-order valence-electron chi connectivity index (χ1n) is 9.90. The summed E-state index contributed by atoms with van der Waals surface area (Å²) in [6.07, 6.45) is -3.94. The molecule has 0 saturated heterocycles. The van der Waals surface area contributed by atoms with E-state index in [1.807, 2.05) is 36.4 Å². The molecular weight excluding hydrogens is 384 g/mol. The Morgan fingerprint density at radius 1 is 0.667 bits per heavy atom. The molecule has 5 atom stereocenters. The predicted molar refractivity (Wildman–Crippen MR) is 109 cm³/mol. The Kier molecular flexibility index (Phi) is 4.83. The van der Waals surface area contributed by atoms with E-state index >= 15 is 0 Å². The molecule has 0 fully saturated rings. The first kappa shape index (κ1) is 18.9. The fourth-order valence-electron chi connectivity index (χ4n) is 4.04. The van der Waals surface area contributed by atoms with E-state index in [1.54, 1.807) is 36.4 Å². The Balaban J connectivity index is 1.48. The first-order valence-corrected chi connectivity index (χ1v) is 9.90. The van der Waals surface area contributed by atoms with E-state index < -0.39 is 30.5 Å². The fraction of sp³-hybridized carbons (Fsp3) is 0.250. The van der Waals surface area contributed by atoms with Gasteiger partial charge in [0.1, 0.15) is 18.0 Å². The summed E-state index contributed by atoms with van der Waals surface area (Å²) in [6.45, 7) is -0.186. The molecule has 0 aromatic heterocycles. The molecule has 6 nitrogen and oxygen atoms in total. The van der Waals surface area contributed by atoms with E-state index in [1.165, 1.54) is 0 Å². The molecule has 30 heavy (non-hydrogen) atoms. The zero-order chi connectivity index (χ0) is 20.7. The number of fused-ring (bicyclic) bond motifs is 2. The molecule has 0 radical (unpaired) electrons. The number of hydrogen-bond donors (Lipinski definition) is 3. The van der Waals surface area contributed by atoms with Crippen molar-refractivity contribution in [1.29, 1.82) is 0 Å².